The molecule has 2 aromatic carbocycles. The van der Waals surface area contributed by atoms with Crippen LogP contribution in [0.3, 0.4) is 0 Å². The van der Waals surface area contributed by atoms with Gasteiger partial charge < -0.3 is 19.8 Å². The number of aromatic nitrogens is 2. The average molecular weight is 569 g/mol. The van der Waals surface area contributed by atoms with Crippen molar-refractivity contribution < 1.29 is 27.1 Å². The van der Waals surface area contributed by atoms with Gasteiger partial charge in [0.1, 0.15) is 23.3 Å². The molecule has 0 atom stereocenters. The van der Waals surface area contributed by atoms with E-state index in [-0.39, 0.29) is 17.0 Å². The number of ether oxygens (including phenoxy) is 1. The highest BCUT2D eigenvalue weighted by atomic mass is 19.4. The van der Waals surface area contributed by atoms with Crippen molar-refractivity contribution in [3.05, 3.63) is 70.5 Å². The first-order valence-corrected chi connectivity index (χ1v) is 13.3. The molecule has 0 radical (unpaired) electrons. The lowest BCUT2D eigenvalue weighted by Gasteiger charge is -2.43. The number of halogens is 3. The molecule has 11 heteroatoms. The number of hydrogen-bond acceptors (Lipinski definition) is 6. The summed E-state index contributed by atoms with van der Waals surface area (Å²) in [6.07, 6.45) is -2.68. The number of benzene rings is 2. The molecule has 0 saturated heterocycles. The molecular weight excluding hydrogens is 537 g/mol. The molecule has 1 aliphatic carbocycles. The highest BCUT2D eigenvalue weighted by Crippen LogP contribution is 2.44. The van der Waals surface area contributed by atoms with Gasteiger partial charge in [0, 0.05) is 18.2 Å². The van der Waals surface area contributed by atoms with Gasteiger partial charge in [-0.3, -0.25) is 9.36 Å². The van der Waals surface area contributed by atoms with E-state index < -0.39 is 35.5 Å². The summed E-state index contributed by atoms with van der Waals surface area (Å²) >= 11 is 0. The molecule has 41 heavy (non-hydrogen) atoms. The van der Waals surface area contributed by atoms with Crippen molar-refractivity contribution in [1.29, 1.82) is 0 Å². The van der Waals surface area contributed by atoms with E-state index >= 15 is 0 Å². The first-order chi connectivity index (χ1) is 19.3. The maximum Gasteiger partial charge on any atom is 0.408 e. The molecule has 2 heterocycles. The Morgan fingerprint density at radius 2 is 1.71 bits per heavy atom. The molecule has 2 aromatic heterocycles. The highest BCUT2D eigenvalue weighted by molar-refractivity contribution is 6.00. The molecule has 216 valence electrons. The van der Waals surface area contributed by atoms with Crippen LogP contribution in [0.5, 0.6) is 0 Å². The molecule has 0 aliphatic heterocycles. The number of fused-ring (bicyclic) bond motifs is 1. The summed E-state index contributed by atoms with van der Waals surface area (Å²) in [6, 6.07) is 16.2. The number of carbonyl (C=O) groups is 1. The SMILES string of the molecule is CNc1nc2oc(-c3ccc(C4(NC(=O)OC(C)(C)C)CCC4)cc3)c(-c3ccccc3)c2c(=O)n1CC(F)(F)F. The average Bonchev–Trinajstić information content (AvgIpc) is 3.26. The summed E-state index contributed by atoms with van der Waals surface area (Å²) < 4.78 is 52.3. The second-order valence-corrected chi connectivity index (χ2v) is 11.2. The fourth-order valence-electron chi connectivity index (χ4n) is 5.14. The Kier molecular flexibility index (Phi) is 7.08. The lowest BCUT2D eigenvalue weighted by Crippen LogP contribution is -2.52. The van der Waals surface area contributed by atoms with Crippen molar-refractivity contribution in [2.24, 2.45) is 0 Å². The van der Waals surface area contributed by atoms with Gasteiger partial charge in [0.25, 0.3) is 5.56 Å². The Balaban J connectivity index is 1.61. The molecular formula is C30H31F3N4O4. The number of rotatable bonds is 6. The Bertz CT molecular complexity index is 1630. The van der Waals surface area contributed by atoms with Crippen LogP contribution in [0.4, 0.5) is 23.9 Å². The van der Waals surface area contributed by atoms with Gasteiger partial charge in [-0.15, -0.1) is 0 Å². The molecule has 2 N–H and O–H groups in total. The number of anilines is 1. The second kappa shape index (κ2) is 10.3. The number of nitrogens with one attached hydrogen (secondary N) is 2. The van der Waals surface area contributed by atoms with Crippen LogP contribution in [0.1, 0.15) is 45.6 Å². The minimum absolute atomic E-state index is 0.0411. The number of nitrogens with zero attached hydrogens (tertiary/aromatic N) is 2. The van der Waals surface area contributed by atoms with Crippen LogP contribution in [-0.2, 0) is 16.8 Å². The number of furan rings is 1. The van der Waals surface area contributed by atoms with E-state index in [0.29, 0.717) is 27.0 Å². The molecule has 0 bridgehead atoms. The topological polar surface area (TPSA) is 98.4 Å². The summed E-state index contributed by atoms with van der Waals surface area (Å²) in [5, 5.41) is 5.56. The van der Waals surface area contributed by atoms with Crippen LogP contribution in [0.2, 0.25) is 0 Å². The van der Waals surface area contributed by atoms with Gasteiger partial charge in [-0.25, -0.2) is 4.79 Å². The van der Waals surface area contributed by atoms with E-state index in [1.165, 1.54) is 7.05 Å². The second-order valence-electron chi connectivity index (χ2n) is 11.2. The van der Waals surface area contributed by atoms with Crippen LogP contribution in [-0.4, -0.2) is 34.5 Å². The van der Waals surface area contributed by atoms with Crippen LogP contribution in [0.25, 0.3) is 33.6 Å². The van der Waals surface area contributed by atoms with Gasteiger partial charge in [-0.1, -0.05) is 54.6 Å². The summed E-state index contributed by atoms with van der Waals surface area (Å²) in [6.45, 7) is 3.91. The number of alkyl carbamates (subject to hydrolysis) is 1. The van der Waals surface area contributed by atoms with Crippen molar-refractivity contribution >= 4 is 23.1 Å². The third-order valence-electron chi connectivity index (χ3n) is 7.08. The molecule has 4 aromatic rings. The first-order valence-electron chi connectivity index (χ1n) is 13.3. The zero-order chi connectivity index (χ0) is 29.6. The normalized spacial score (nSPS) is 14.9. The van der Waals surface area contributed by atoms with E-state index in [4.69, 9.17) is 9.15 Å². The first kappa shape index (κ1) is 28.3. The summed E-state index contributed by atoms with van der Waals surface area (Å²) in [5.41, 5.74) is 0.315. The summed E-state index contributed by atoms with van der Waals surface area (Å²) in [7, 11) is 1.39. The molecule has 1 saturated carbocycles. The Morgan fingerprint density at radius 1 is 1.05 bits per heavy atom. The monoisotopic (exact) mass is 568 g/mol. The Morgan fingerprint density at radius 3 is 2.24 bits per heavy atom. The standard InChI is InChI=1S/C30H31F3N4O4/c1-28(2,3)41-27(39)36-29(15-8-16-29)20-13-11-19(12-14-20)23-21(18-9-6-5-7-10-18)22-24(40-23)35-26(34-4)37(25(22)38)17-30(31,32)33/h5-7,9-14H,8,15-17H2,1-4H3,(H,34,35)(H,36,39). The maximum atomic E-state index is 13.5. The quantitative estimate of drug-likeness (QED) is 0.265. The van der Waals surface area contributed by atoms with Crippen molar-refractivity contribution in [2.45, 2.75) is 63.9 Å². The molecule has 1 fully saturated rings. The van der Waals surface area contributed by atoms with Gasteiger partial charge in [-0.2, -0.15) is 18.2 Å². The van der Waals surface area contributed by atoms with Gasteiger partial charge in [-0.05, 0) is 51.2 Å². The van der Waals surface area contributed by atoms with E-state index in [0.717, 1.165) is 24.8 Å². The molecule has 0 unspecified atom stereocenters. The Hall–Kier alpha value is -4.28. The predicted molar refractivity (Wildman–Crippen MR) is 150 cm³/mol. The van der Waals surface area contributed by atoms with Gasteiger partial charge in [0.2, 0.25) is 11.7 Å². The lowest BCUT2D eigenvalue weighted by atomic mass is 9.71. The van der Waals surface area contributed by atoms with Gasteiger partial charge in [0.15, 0.2) is 0 Å². The van der Waals surface area contributed by atoms with Crippen LogP contribution in [0.15, 0.2) is 63.8 Å². The van der Waals surface area contributed by atoms with Crippen molar-refractivity contribution in [2.75, 3.05) is 12.4 Å². The molecule has 1 amide bonds. The third-order valence-corrected chi connectivity index (χ3v) is 7.08. The van der Waals surface area contributed by atoms with Crippen LogP contribution >= 0.6 is 0 Å². The zero-order valence-electron chi connectivity index (χ0n) is 23.2. The van der Waals surface area contributed by atoms with E-state index in [1.807, 2.05) is 24.3 Å². The van der Waals surface area contributed by atoms with Crippen LogP contribution < -0.4 is 16.2 Å². The van der Waals surface area contributed by atoms with E-state index in [9.17, 15) is 22.8 Å². The van der Waals surface area contributed by atoms with Gasteiger partial charge in [0.05, 0.1) is 5.54 Å². The number of alkyl halides is 3. The van der Waals surface area contributed by atoms with E-state index in [2.05, 4.69) is 15.6 Å². The number of amides is 1. The maximum absolute atomic E-state index is 13.5. The summed E-state index contributed by atoms with van der Waals surface area (Å²) in [4.78, 5) is 30.3. The minimum Gasteiger partial charge on any atom is -0.444 e. The highest BCUT2D eigenvalue weighted by Gasteiger charge is 2.41. The minimum atomic E-state index is -4.63. The lowest BCUT2D eigenvalue weighted by molar-refractivity contribution is -0.140. The van der Waals surface area contributed by atoms with Crippen LogP contribution in [0, 0.1) is 0 Å². The Labute approximate surface area is 234 Å². The number of carbonyl (C=O) groups excluding carboxylic acids is 1. The van der Waals surface area contributed by atoms with Crippen molar-refractivity contribution in [3.8, 4) is 22.5 Å². The fourth-order valence-corrected chi connectivity index (χ4v) is 5.14. The van der Waals surface area contributed by atoms with Crippen molar-refractivity contribution in [1.82, 2.24) is 14.9 Å². The molecule has 5 rings (SSSR count). The molecule has 1 aliphatic rings. The third kappa shape index (κ3) is 5.66. The zero-order valence-corrected chi connectivity index (χ0v) is 23.2. The summed E-state index contributed by atoms with van der Waals surface area (Å²) in [5.74, 6) is 0.0483. The van der Waals surface area contributed by atoms with Gasteiger partial charge >= 0.3 is 12.3 Å². The van der Waals surface area contributed by atoms with Crippen molar-refractivity contribution in [3.63, 3.8) is 0 Å². The smallest absolute Gasteiger partial charge is 0.408 e. The number of hydrogen-bond donors (Lipinski definition) is 2. The molecule has 0 spiro atoms. The predicted octanol–water partition coefficient (Wildman–Crippen LogP) is 6.83. The molecule has 8 nitrogen and oxygen atoms in total. The largest absolute Gasteiger partial charge is 0.444 e. The van der Waals surface area contributed by atoms with E-state index in [1.54, 1.807) is 51.1 Å². The fraction of sp³-hybridized carbons (Fsp3) is 0.367.